The molecule has 1 unspecified atom stereocenters. The Morgan fingerprint density at radius 3 is 2.62 bits per heavy atom. The largest absolute Gasteiger partial charge is 0.298 e. The normalized spacial score (nSPS) is 17.6. The average molecular weight is 368 g/mol. The van der Waals surface area contributed by atoms with E-state index in [1.54, 1.807) is 36.4 Å². The molecular weight excluding hydrogens is 351 g/mol. The van der Waals surface area contributed by atoms with Crippen LogP contribution in [0.15, 0.2) is 58.5 Å². The first-order valence-electron chi connectivity index (χ1n) is 8.61. The van der Waals surface area contributed by atoms with E-state index in [1.807, 2.05) is 6.07 Å². The van der Waals surface area contributed by atoms with Gasteiger partial charge in [0.15, 0.2) is 5.16 Å². The fourth-order valence-corrected chi connectivity index (χ4v) is 4.47. The van der Waals surface area contributed by atoms with Crippen molar-refractivity contribution in [2.75, 3.05) is 0 Å². The molecule has 1 aliphatic carbocycles. The summed E-state index contributed by atoms with van der Waals surface area (Å²) < 4.78 is 15.7. The molecule has 1 aromatic heterocycles. The third-order valence-corrected chi connectivity index (χ3v) is 5.85. The van der Waals surface area contributed by atoms with Crippen LogP contribution in [-0.2, 0) is 4.79 Å². The van der Waals surface area contributed by atoms with E-state index in [9.17, 15) is 14.0 Å². The highest BCUT2D eigenvalue weighted by Crippen LogP contribution is 2.32. The Bertz CT molecular complexity index is 1050. The highest BCUT2D eigenvalue weighted by molar-refractivity contribution is 8.00. The van der Waals surface area contributed by atoms with Gasteiger partial charge in [-0.05, 0) is 37.1 Å². The van der Waals surface area contributed by atoms with E-state index < -0.39 is 5.82 Å². The van der Waals surface area contributed by atoms with Gasteiger partial charge in [-0.25, -0.2) is 9.37 Å². The van der Waals surface area contributed by atoms with Gasteiger partial charge in [-0.2, -0.15) is 0 Å². The standard InChI is InChI=1S/C20H17FN2O2S/c21-14-8-2-4-10-16(14)23-19(25)13-7-1-3-9-15(13)22-20(23)26-18-12-6-5-11-17(18)24/h1-4,7-10,18H,5-6,11-12H2. The molecule has 6 heteroatoms. The van der Waals surface area contributed by atoms with Crippen molar-refractivity contribution in [3.63, 3.8) is 0 Å². The molecule has 1 heterocycles. The molecule has 1 aliphatic rings. The smallest absolute Gasteiger partial charge is 0.266 e. The molecule has 0 spiro atoms. The maximum absolute atomic E-state index is 14.4. The summed E-state index contributed by atoms with van der Waals surface area (Å²) in [6, 6.07) is 13.1. The summed E-state index contributed by atoms with van der Waals surface area (Å²) >= 11 is 1.27. The third kappa shape index (κ3) is 3.05. The number of aromatic nitrogens is 2. The molecule has 0 aliphatic heterocycles. The lowest BCUT2D eigenvalue weighted by molar-refractivity contribution is -0.119. The zero-order chi connectivity index (χ0) is 18.1. The minimum Gasteiger partial charge on any atom is -0.298 e. The van der Waals surface area contributed by atoms with E-state index in [0.29, 0.717) is 22.5 Å². The second kappa shape index (κ2) is 7.03. The Balaban J connectivity index is 1.92. The molecule has 4 nitrogen and oxygen atoms in total. The van der Waals surface area contributed by atoms with Crippen molar-refractivity contribution in [3.05, 3.63) is 64.7 Å². The highest BCUT2D eigenvalue weighted by Gasteiger charge is 2.26. The fourth-order valence-electron chi connectivity index (χ4n) is 3.24. The van der Waals surface area contributed by atoms with E-state index >= 15 is 0 Å². The lowest BCUT2D eigenvalue weighted by Crippen LogP contribution is -2.26. The lowest BCUT2D eigenvalue weighted by atomic mass is 9.99. The minimum atomic E-state index is -0.497. The fraction of sp³-hybridized carbons (Fsp3) is 0.250. The van der Waals surface area contributed by atoms with Crippen LogP contribution in [0.25, 0.3) is 16.6 Å². The van der Waals surface area contributed by atoms with Crippen molar-refractivity contribution >= 4 is 28.4 Å². The number of nitrogens with zero attached hydrogens (tertiary/aromatic N) is 2. The van der Waals surface area contributed by atoms with E-state index in [0.717, 1.165) is 19.3 Å². The van der Waals surface area contributed by atoms with E-state index in [-0.39, 0.29) is 22.3 Å². The van der Waals surface area contributed by atoms with Crippen LogP contribution in [0.1, 0.15) is 25.7 Å². The Hall–Kier alpha value is -2.47. The maximum atomic E-state index is 14.4. The molecule has 4 rings (SSSR count). The number of thioether (sulfide) groups is 1. The summed E-state index contributed by atoms with van der Waals surface area (Å²) in [5.74, 6) is -0.327. The van der Waals surface area contributed by atoms with Crippen LogP contribution in [0.3, 0.4) is 0 Å². The van der Waals surface area contributed by atoms with E-state index in [1.165, 1.54) is 22.4 Å². The van der Waals surface area contributed by atoms with Gasteiger partial charge in [-0.3, -0.25) is 14.2 Å². The number of fused-ring (bicyclic) bond motifs is 1. The minimum absolute atomic E-state index is 0.154. The number of ketones is 1. The molecular formula is C20H17FN2O2S. The molecule has 26 heavy (non-hydrogen) atoms. The van der Waals surface area contributed by atoms with Crippen LogP contribution in [0.5, 0.6) is 0 Å². The summed E-state index contributed by atoms with van der Waals surface area (Å²) in [6.07, 6.45) is 3.18. The van der Waals surface area contributed by atoms with Gasteiger partial charge in [-0.15, -0.1) is 0 Å². The van der Waals surface area contributed by atoms with Crippen molar-refractivity contribution < 1.29 is 9.18 Å². The lowest BCUT2D eigenvalue weighted by Gasteiger charge is -2.21. The van der Waals surface area contributed by atoms with Crippen molar-refractivity contribution in [2.45, 2.75) is 36.1 Å². The second-order valence-electron chi connectivity index (χ2n) is 6.32. The second-order valence-corrected chi connectivity index (χ2v) is 7.49. The monoisotopic (exact) mass is 368 g/mol. The summed E-state index contributed by atoms with van der Waals surface area (Å²) in [5.41, 5.74) is 0.379. The number of carbonyl (C=O) groups excluding carboxylic acids is 1. The van der Waals surface area contributed by atoms with Crippen LogP contribution in [0.2, 0.25) is 0 Å². The Labute approximate surface area is 154 Å². The first-order chi connectivity index (χ1) is 12.6. The Kier molecular flexibility index (Phi) is 4.59. The number of rotatable bonds is 3. The van der Waals surface area contributed by atoms with Gasteiger partial charge in [0.05, 0.1) is 21.8 Å². The van der Waals surface area contributed by atoms with Crippen LogP contribution in [0, 0.1) is 5.82 Å². The molecule has 132 valence electrons. The summed E-state index contributed by atoms with van der Waals surface area (Å²) in [7, 11) is 0. The third-order valence-electron chi connectivity index (χ3n) is 4.58. The molecule has 2 aromatic carbocycles. The quantitative estimate of drug-likeness (QED) is 0.653. The number of benzene rings is 2. The SMILES string of the molecule is O=C1CCCCC1Sc1nc2ccccc2c(=O)n1-c1ccccc1F. The molecule has 0 amide bonds. The Morgan fingerprint density at radius 1 is 1.04 bits per heavy atom. The Morgan fingerprint density at radius 2 is 1.81 bits per heavy atom. The molecule has 1 saturated carbocycles. The molecule has 1 fully saturated rings. The van der Waals surface area contributed by atoms with Gasteiger partial charge < -0.3 is 0 Å². The van der Waals surface area contributed by atoms with Gasteiger partial charge in [0.1, 0.15) is 11.6 Å². The summed E-state index contributed by atoms with van der Waals surface area (Å²) in [5, 5.41) is 0.545. The molecule has 0 N–H and O–H groups in total. The number of carbonyl (C=O) groups is 1. The molecule has 1 atom stereocenters. The first kappa shape index (κ1) is 17.0. The van der Waals surface area contributed by atoms with E-state index in [4.69, 9.17) is 0 Å². The topological polar surface area (TPSA) is 52.0 Å². The van der Waals surface area contributed by atoms with Gasteiger partial charge >= 0.3 is 0 Å². The van der Waals surface area contributed by atoms with Gasteiger partial charge in [0.25, 0.3) is 5.56 Å². The number of hydrogen-bond acceptors (Lipinski definition) is 4. The van der Waals surface area contributed by atoms with Gasteiger partial charge in [0.2, 0.25) is 0 Å². The van der Waals surface area contributed by atoms with Crippen LogP contribution >= 0.6 is 11.8 Å². The maximum Gasteiger partial charge on any atom is 0.266 e. The van der Waals surface area contributed by atoms with Crippen molar-refractivity contribution in [1.29, 1.82) is 0 Å². The van der Waals surface area contributed by atoms with E-state index in [2.05, 4.69) is 4.98 Å². The molecule has 0 radical (unpaired) electrons. The van der Waals surface area contributed by atoms with Gasteiger partial charge in [-0.1, -0.05) is 42.4 Å². The zero-order valence-corrected chi connectivity index (χ0v) is 14.8. The zero-order valence-electron chi connectivity index (χ0n) is 14.0. The number of halogens is 1. The average Bonchev–Trinajstić information content (AvgIpc) is 2.65. The predicted octanol–water partition coefficient (Wildman–Crippen LogP) is 4.13. The van der Waals surface area contributed by atoms with Crippen molar-refractivity contribution in [2.24, 2.45) is 0 Å². The summed E-state index contributed by atoms with van der Waals surface area (Å²) in [6.45, 7) is 0. The summed E-state index contributed by atoms with van der Waals surface area (Å²) in [4.78, 5) is 29.9. The number of Topliss-reactive ketones (excluding diaryl/α,β-unsaturated/α-hetero) is 1. The number of hydrogen-bond donors (Lipinski definition) is 0. The highest BCUT2D eigenvalue weighted by atomic mass is 32.2. The van der Waals surface area contributed by atoms with Crippen LogP contribution < -0.4 is 5.56 Å². The van der Waals surface area contributed by atoms with Crippen molar-refractivity contribution in [3.8, 4) is 5.69 Å². The van der Waals surface area contributed by atoms with Gasteiger partial charge in [0, 0.05) is 6.42 Å². The van der Waals surface area contributed by atoms with Crippen LogP contribution in [-0.4, -0.2) is 20.6 Å². The van der Waals surface area contributed by atoms with Crippen LogP contribution in [0.4, 0.5) is 4.39 Å². The van der Waals surface area contributed by atoms with Crippen molar-refractivity contribution in [1.82, 2.24) is 9.55 Å². The number of para-hydroxylation sites is 2. The molecule has 0 saturated heterocycles. The first-order valence-corrected chi connectivity index (χ1v) is 9.49. The predicted molar refractivity (Wildman–Crippen MR) is 100 cm³/mol. The molecule has 0 bridgehead atoms. The molecule has 3 aromatic rings.